The van der Waals surface area contributed by atoms with E-state index in [4.69, 9.17) is 9.97 Å². The predicted molar refractivity (Wildman–Crippen MR) is 229 cm³/mol. The maximum atomic E-state index is 5.51. The van der Waals surface area contributed by atoms with Crippen LogP contribution in [-0.2, 0) is 5.41 Å². The van der Waals surface area contributed by atoms with E-state index in [1.807, 2.05) is 6.07 Å². The number of rotatable bonds is 4. The summed E-state index contributed by atoms with van der Waals surface area (Å²) < 4.78 is 2.37. The summed E-state index contributed by atoms with van der Waals surface area (Å²) in [5, 5.41) is 2.53. The number of para-hydroxylation sites is 2. The molecule has 0 aliphatic heterocycles. The zero-order valence-corrected chi connectivity index (χ0v) is 30.4. The van der Waals surface area contributed by atoms with E-state index in [9.17, 15) is 0 Å². The Hall–Kier alpha value is -7.36. The van der Waals surface area contributed by atoms with Crippen LogP contribution >= 0.6 is 0 Å². The van der Waals surface area contributed by atoms with Crippen LogP contribution in [0.1, 0.15) is 22.3 Å². The molecular weight excluding hydrogens is 679 g/mol. The third-order valence-electron chi connectivity index (χ3n) is 12.1. The van der Waals surface area contributed by atoms with Gasteiger partial charge in [-0.1, -0.05) is 176 Å². The van der Waals surface area contributed by atoms with Gasteiger partial charge in [0.1, 0.15) is 0 Å². The van der Waals surface area contributed by atoms with Crippen LogP contribution in [-0.4, -0.2) is 14.5 Å². The van der Waals surface area contributed by atoms with Crippen LogP contribution in [0.2, 0.25) is 0 Å². The van der Waals surface area contributed by atoms with Gasteiger partial charge in [0.05, 0.1) is 27.8 Å². The second-order valence-electron chi connectivity index (χ2n) is 14.9. The summed E-state index contributed by atoms with van der Waals surface area (Å²) in [4.78, 5) is 10.9. The van der Waals surface area contributed by atoms with Crippen LogP contribution in [0.25, 0.3) is 83.6 Å². The average Bonchev–Trinajstić information content (AvgIpc) is 3.89. The van der Waals surface area contributed by atoms with Crippen molar-refractivity contribution < 1.29 is 0 Å². The van der Waals surface area contributed by atoms with Gasteiger partial charge >= 0.3 is 0 Å². The van der Waals surface area contributed by atoms with Crippen molar-refractivity contribution in [2.45, 2.75) is 5.41 Å². The Labute approximate surface area is 324 Å². The summed E-state index contributed by atoms with van der Waals surface area (Å²) in [5.41, 5.74) is 18.1. The zero-order chi connectivity index (χ0) is 36.8. The average molecular weight is 712 g/mol. The lowest BCUT2D eigenvalue weighted by Gasteiger charge is -2.31. The van der Waals surface area contributed by atoms with Crippen LogP contribution in [0.4, 0.5) is 0 Å². The SMILES string of the molecule is c1ccc(-c2nc(-c3ccc(-c4ccc(-n5c6ccccc6c6ccccc65)cc4)cc3)c3c(n2)-c2ccccc2C32c3ccccc3-c3ccccc32)cc1. The second-order valence-corrected chi connectivity index (χ2v) is 14.9. The minimum absolute atomic E-state index is 0.551. The molecule has 2 aliphatic carbocycles. The summed E-state index contributed by atoms with van der Waals surface area (Å²) in [7, 11) is 0. The summed E-state index contributed by atoms with van der Waals surface area (Å²) in [5.74, 6) is 0.732. The van der Waals surface area contributed by atoms with E-state index in [-0.39, 0.29) is 0 Å². The molecule has 2 heterocycles. The summed E-state index contributed by atoms with van der Waals surface area (Å²) in [6, 6.07) is 72.3. The fourth-order valence-corrected chi connectivity index (χ4v) is 9.71. The third-order valence-corrected chi connectivity index (χ3v) is 12.1. The van der Waals surface area contributed by atoms with Gasteiger partial charge in [-0.25, -0.2) is 9.97 Å². The van der Waals surface area contributed by atoms with Gasteiger partial charge in [-0.15, -0.1) is 0 Å². The molecule has 0 unspecified atom stereocenters. The van der Waals surface area contributed by atoms with Gasteiger partial charge in [0.25, 0.3) is 0 Å². The number of nitrogens with zero attached hydrogens (tertiary/aromatic N) is 3. The number of fused-ring (bicyclic) bond motifs is 13. The predicted octanol–water partition coefficient (Wildman–Crippen LogP) is 12.9. The normalized spacial score (nSPS) is 13.1. The van der Waals surface area contributed by atoms with Crippen LogP contribution in [0.5, 0.6) is 0 Å². The maximum Gasteiger partial charge on any atom is 0.160 e. The molecule has 12 rings (SSSR count). The van der Waals surface area contributed by atoms with E-state index in [1.165, 1.54) is 55.2 Å². The highest BCUT2D eigenvalue weighted by atomic mass is 15.0. The van der Waals surface area contributed by atoms with Gasteiger partial charge in [0.15, 0.2) is 5.82 Å². The Bertz CT molecular complexity index is 3070. The fourth-order valence-electron chi connectivity index (χ4n) is 9.71. The van der Waals surface area contributed by atoms with E-state index in [0.717, 1.165) is 50.7 Å². The molecule has 0 saturated heterocycles. The smallest absolute Gasteiger partial charge is 0.160 e. The highest BCUT2D eigenvalue weighted by Crippen LogP contribution is 2.64. The number of benzene rings is 8. The van der Waals surface area contributed by atoms with Gasteiger partial charge < -0.3 is 4.57 Å². The van der Waals surface area contributed by atoms with Crippen molar-refractivity contribution in [2.24, 2.45) is 0 Å². The number of hydrogen-bond donors (Lipinski definition) is 0. The molecule has 2 aliphatic rings. The van der Waals surface area contributed by atoms with E-state index in [0.29, 0.717) is 0 Å². The molecule has 0 atom stereocenters. The monoisotopic (exact) mass is 711 g/mol. The molecule has 0 radical (unpaired) electrons. The standard InChI is InChI=1S/C53H33N3/c1-2-14-37(15-3-1)52-54-50(49-51(55-52)43-20-6-11-23-46(43)53(49)44-21-9-4-16-39(44)40-17-5-10-22-45(40)53)36-28-26-34(27-29-36)35-30-32-38(33-31-35)56-47-24-12-7-18-41(47)42-19-8-13-25-48(42)56/h1-33H. The molecule has 0 saturated carbocycles. The Balaban J connectivity index is 1.03. The van der Waals surface area contributed by atoms with Crippen LogP contribution < -0.4 is 0 Å². The van der Waals surface area contributed by atoms with Gasteiger partial charge in [-0.3, -0.25) is 0 Å². The molecule has 260 valence electrons. The van der Waals surface area contributed by atoms with Crippen LogP contribution in [0.15, 0.2) is 200 Å². The molecule has 1 spiro atoms. The van der Waals surface area contributed by atoms with Crippen molar-refractivity contribution in [2.75, 3.05) is 0 Å². The molecule has 10 aromatic rings. The molecule has 2 aromatic heterocycles. The third kappa shape index (κ3) is 4.22. The Morgan fingerprint density at radius 1 is 0.339 bits per heavy atom. The topological polar surface area (TPSA) is 30.7 Å². The molecule has 3 heteroatoms. The largest absolute Gasteiger partial charge is 0.309 e. The Morgan fingerprint density at radius 3 is 1.39 bits per heavy atom. The van der Waals surface area contributed by atoms with Gasteiger partial charge in [0, 0.05) is 38.7 Å². The highest BCUT2D eigenvalue weighted by molar-refractivity contribution is 6.09. The second kappa shape index (κ2) is 11.8. The minimum atomic E-state index is -0.551. The molecule has 0 N–H and O–H groups in total. The lowest BCUT2D eigenvalue weighted by molar-refractivity contribution is 0.788. The first-order chi connectivity index (χ1) is 27.8. The first kappa shape index (κ1) is 31.0. The zero-order valence-electron chi connectivity index (χ0n) is 30.4. The van der Waals surface area contributed by atoms with Crippen molar-refractivity contribution in [1.82, 2.24) is 14.5 Å². The summed E-state index contributed by atoms with van der Waals surface area (Å²) in [6.45, 7) is 0. The van der Waals surface area contributed by atoms with Crippen molar-refractivity contribution in [1.29, 1.82) is 0 Å². The van der Waals surface area contributed by atoms with E-state index in [1.54, 1.807) is 0 Å². The van der Waals surface area contributed by atoms with Crippen LogP contribution in [0, 0.1) is 0 Å². The Kier molecular flexibility index (Phi) is 6.55. The summed E-state index contributed by atoms with van der Waals surface area (Å²) in [6.07, 6.45) is 0. The molecule has 8 aromatic carbocycles. The van der Waals surface area contributed by atoms with E-state index < -0.39 is 5.41 Å². The summed E-state index contributed by atoms with van der Waals surface area (Å²) >= 11 is 0. The maximum absolute atomic E-state index is 5.51. The van der Waals surface area contributed by atoms with Crippen molar-refractivity contribution in [3.05, 3.63) is 222 Å². The minimum Gasteiger partial charge on any atom is -0.309 e. The molecule has 56 heavy (non-hydrogen) atoms. The molecule has 0 bridgehead atoms. The van der Waals surface area contributed by atoms with Crippen molar-refractivity contribution in [3.8, 4) is 61.8 Å². The lowest BCUT2D eigenvalue weighted by Crippen LogP contribution is -2.27. The Morgan fingerprint density at radius 2 is 0.786 bits per heavy atom. The molecule has 0 amide bonds. The van der Waals surface area contributed by atoms with E-state index in [2.05, 4.69) is 199 Å². The quantitative estimate of drug-likeness (QED) is 0.182. The van der Waals surface area contributed by atoms with E-state index >= 15 is 0 Å². The van der Waals surface area contributed by atoms with Gasteiger partial charge in [-0.2, -0.15) is 0 Å². The van der Waals surface area contributed by atoms with Gasteiger partial charge in [0.2, 0.25) is 0 Å². The first-order valence-corrected chi connectivity index (χ1v) is 19.3. The molecule has 0 fully saturated rings. The number of hydrogen-bond acceptors (Lipinski definition) is 2. The van der Waals surface area contributed by atoms with Crippen LogP contribution in [0.3, 0.4) is 0 Å². The molecular formula is C53H33N3. The van der Waals surface area contributed by atoms with Crippen molar-refractivity contribution >= 4 is 21.8 Å². The molecule has 3 nitrogen and oxygen atoms in total. The fraction of sp³-hybridized carbons (Fsp3) is 0.0189. The highest BCUT2D eigenvalue weighted by Gasteiger charge is 2.54. The van der Waals surface area contributed by atoms with Gasteiger partial charge in [-0.05, 0) is 63.2 Å². The number of aromatic nitrogens is 3. The lowest BCUT2D eigenvalue weighted by atomic mass is 9.69. The van der Waals surface area contributed by atoms with Crippen molar-refractivity contribution in [3.63, 3.8) is 0 Å². The first-order valence-electron chi connectivity index (χ1n) is 19.3.